The number of anilines is 1. The van der Waals surface area contributed by atoms with E-state index in [1.165, 1.54) is 55.1 Å². The molecule has 0 aliphatic carbocycles. The van der Waals surface area contributed by atoms with Crippen LogP contribution < -0.4 is 21.3 Å². The molecule has 0 aliphatic heterocycles. The summed E-state index contributed by atoms with van der Waals surface area (Å²) in [6.45, 7) is 5.62. The molecule has 1 atom stereocenters. The van der Waals surface area contributed by atoms with Crippen LogP contribution in [-0.2, 0) is 46.7 Å². The van der Waals surface area contributed by atoms with E-state index in [9.17, 15) is 32.7 Å². The molecule has 3 aromatic carbocycles. The van der Waals surface area contributed by atoms with Crippen molar-refractivity contribution < 1.29 is 36.6 Å². The van der Waals surface area contributed by atoms with Crippen LogP contribution in [0, 0.1) is 18.6 Å². The lowest BCUT2D eigenvalue weighted by Crippen LogP contribution is -2.42. The second-order valence-corrected chi connectivity index (χ2v) is 14.3. The summed E-state index contributed by atoms with van der Waals surface area (Å²) in [6.07, 6.45) is 2.86. The molecular formula is C37H36F2N6O8S. The van der Waals surface area contributed by atoms with Crippen molar-refractivity contribution in [2.75, 3.05) is 4.72 Å². The molecule has 282 valence electrons. The van der Waals surface area contributed by atoms with Gasteiger partial charge < -0.3 is 19.7 Å². The lowest BCUT2D eigenvalue weighted by molar-refractivity contribution is -0.139. The molecule has 3 N–H and O–H groups in total. The van der Waals surface area contributed by atoms with Gasteiger partial charge in [0.2, 0.25) is 0 Å². The van der Waals surface area contributed by atoms with Crippen LogP contribution in [0.2, 0.25) is 0 Å². The average Bonchev–Trinajstić information content (AvgIpc) is 3.14. The van der Waals surface area contributed by atoms with Crippen molar-refractivity contribution in [3.63, 3.8) is 0 Å². The number of aromatic nitrogens is 4. The normalized spacial score (nSPS) is 12.1. The number of carboxylic acids is 1. The van der Waals surface area contributed by atoms with Crippen molar-refractivity contribution >= 4 is 27.6 Å². The lowest BCUT2D eigenvalue weighted by Gasteiger charge is -2.16. The first-order valence-electron chi connectivity index (χ1n) is 16.4. The van der Waals surface area contributed by atoms with Crippen LogP contribution in [-0.4, -0.2) is 56.6 Å². The van der Waals surface area contributed by atoms with E-state index >= 15 is 8.78 Å². The van der Waals surface area contributed by atoms with Crippen molar-refractivity contribution in [2.24, 2.45) is 14.1 Å². The molecule has 0 unspecified atom stereocenters. The number of aliphatic carboxylic acids is 1. The number of carbonyl (C=O) groups excluding carboxylic acids is 1. The first-order valence-corrected chi connectivity index (χ1v) is 17.9. The molecule has 0 bridgehead atoms. The van der Waals surface area contributed by atoms with E-state index < -0.39 is 62.1 Å². The minimum Gasteiger partial charge on any atom is -0.480 e. The molecule has 0 saturated carbocycles. The summed E-state index contributed by atoms with van der Waals surface area (Å²) in [5.74, 6) is -4.85. The van der Waals surface area contributed by atoms with Gasteiger partial charge in [0.1, 0.15) is 24.3 Å². The van der Waals surface area contributed by atoms with Crippen LogP contribution in [0.25, 0.3) is 22.3 Å². The van der Waals surface area contributed by atoms with Gasteiger partial charge in [-0.25, -0.2) is 36.8 Å². The Morgan fingerprint density at radius 3 is 2.09 bits per heavy atom. The van der Waals surface area contributed by atoms with Crippen molar-refractivity contribution in [1.82, 2.24) is 24.4 Å². The zero-order valence-electron chi connectivity index (χ0n) is 29.8. The molecule has 0 radical (unpaired) electrons. The van der Waals surface area contributed by atoms with Gasteiger partial charge in [-0.1, -0.05) is 36.4 Å². The smallest absolute Gasteiger partial charge is 0.330 e. The van der Waals surface area contributed by atoms with Gasteiger partial charge in [0.05, 0.1) is 27.8 Å². The predicted octanol–water partition coefficient (Wildman–Crippen LogP) is 3.95. The van der Waals surface area contributed by atoms with E-state index in [2.05, 4.69) is 15.3 Å². The maximum atomic E-state index is 15.2. The van der Waals surface area contributed by atoms with Gasteiger partial charge in [0.15, 0.2) is 5.82 Å². The standard InChI is InChI=1S/C37H36F2N6O8S/c1-20(2)53-19-32-40-17-25(18-41-32)23-10-12-26(13-11-23)54(51,52)43-30-16-28(38)27(15-29(30)39)34(46)42-31(36(48)49)14-22-6-8-24(9-7-22)33-21(3)44(4)37(50)45(5)35(33)47/h6-13,15-18,20,31,43H,14,19H2,1-5H3,(H,42,46)(H,48,49)/t31-/m0/s1. The summed E-state index contributed by atoms with van der Waals surface area (Å²) in [5, 5.41) is 12.0. The van der Waals surface area contributed by atoms with Gasteiger partial charge in [-0.2, -0.15) is 0 Å². The molecule has 0 fully saturated rings. The fraction of sp³-hybridized carbons (Fsp3) is 0.243. The summed E-state index contributed by atoms with van der Waals surface area (Å²) in [6, 6.07) is 11.1. The average molecular weight is 763 g/mol. The molecule has 5 rings (SSSR count). The molecule has 2 aromatic heterocycles. The summed E-state index contributed by atoms with van der Waals surface area (Å²) in [4.78, 5) is 58.3. The number of carboxylic acid groups (broad SMARTS) is 1. The number of nitrogens with one attached hydrogen (secondary N) is 2. The first kappa shape index (κ1) is 39.1. The fourth-order valence-corrected chi connectivity index (χ4v) is 6.46. The Morgan fingerprint density at radius 1 is 0.889 bits per heavy atom. The van der Waals surface area contributed by atoms with Gasteiger partial charge in [-0.15, -0.1) is 0 Å². The Labute approximate surface area is 308 Å². The van der Waals surface area contributed by atoms with E-state index in [0.29, 0.717) is 45.9 Å². The molecule has 17 heteroatoms. The topological polar surface area (TPSA) is 192 Å². The Morgan fingerprint density at radius 2 is 1.50 bits per heavy atom. The molecule has 2 heterocycles. The predicted molar refractivity (Wildman–Crippen MR) is 194 cm³/mol. The number of carbonyl (C=O) groups is 2. The number of sulfonamides is 1. The Bertz CT molecular complexity index is 2450. The van der Waals surface area contributed by atoms with Crippen molar-refractivity contribution in [3.8, 4) is 22.3 Å². The highest BCUT2D eigenvalue weighted by molar-refractivity contribution is 7.92. The Balaban J connectivity index is 1.27. The van der Waals surface area contributed by atoms with Crippen molar-refractivity contribution in [3.05, 3.63) is 128 Å². The minimum atomic E-state index is -4.42. The minimum absolute atomic E-state index is 0.00470. The number of ether oxygens (including phenoxy) is 1. The zero-order valence-corrected chi connectivity index (χ0v) is 30.6. The molecule has 1 amide bonds. The van der Waals surface area contributed by atoms with E-state index in [4.69, 9.17) is 4.74 Å². The van der Waals surface area contributed by atoms with Gasteiger partial charge in [-0.3, -0.25) is 18.9 Å². The van der Waals surface area contributed by atoms with Crippen LogP contribution in [0.1, 0.15) is 41.3 Å². The van der Waals surface area contributed by atoms with Gasteiger partial charge in [0, 0.05) is 50.2 Å². The van der Waals surface area contributed by atoms with Crippen molar-refractivity contribution in [1.29, 1.82) is 0 Å². The van der Waals surface area contributed by atoms with E-state index in [-0.39, 0.29) is 29.6 Å². The molecule has 14 nitrogen and oxygen atoms in total. The third-order valence-corrected chi connectivity index (χ3v) is 9.92. The lowest BCUT2D eigenvalue weighted by atomic mass is 10.00. The van der Waals surface area contributed by atoms with Gasteiger partial charge in [0.25, 0.3) is 21.5 Å². The summed E-state index contributed by atoms with van der Waals surface area (Å²) in [7, 11) is -1.54. The number of rotatable bonds is 13. The van der Waals surface area contributed by atoms with Crippen LogP contribution >= 0.6 is 0 Å². The highest BCUT2D eigenvalue weighted by Gasteiger charge is 2.26. The number of amides is 1. The second kappa shape index (κ2) is 15.9. The summed E-state index contributed by atoms with van der Waals surface area (Å²) >= 11 is 0. The molecule has 0 aliphatic rings. The van der Waals surface area contributed by atoms with Crippen LogP contribution in [0.15, 0.2) is 87.5 Å². The highest BCUT2D eigenvalue weighted by Crippen LogP contribution is 2.26. The number of nitrogens with zero attached hydrogens (tertiary/aromatic N) is 4. The van der Waals surface area contributed by atoms with E-state index in [0.717, 1.165) is 4.57 Å². The van der Waals surface area contributed by atoms with E-state index in [1.54, 1.807) is 31.5 Å². The monoisotopic (exact) mass is 762 g/mol. The van der Waals surface area contributed by atoms with Crippen LogP contribution in [0.4, 0.5) is 14.5 Å². The van der Waals surface area contributed by atoms with Crippen LogP contribution in [0.3, 0.4) is 0 Å². The Kier molecular flexibility index (Phi) is 11.5. The maximum Gasteiger partial charge on any atom is 0.330 e. The zero-order chi connectivity index (χ0) is 39.5. The molecule has 54 heavy (non-hydrogen) atoms. The second-order valence-electron chi connectivity index (χ2n) is 12.6. The third-order valence-electron chi connectivity index (χ3n) is 8.54. The summed E-state index contributed by atoms with van der Waals surface area (Å²) < 4.78 is 66.2. The van der Waals surface area contributed by atoms with Crippen molar-refractivity contribution in [2.45, 2.75) is 50.8 Å². The van der Waals surface area contributed by atoms with Gasteiger partial charge in [-0.05, 0) is 55.7 Å². The quantitative estimate of drug-likeness (QED) is 0.158. The molecule has 0 spiro atoms. The Hall–Kier alpha value is -6.07. The first-order chi connectivity index (χ1) is 25.5. The number of hydrogen-bond acceptors (Lipinski definition) is 9. The summed E-state index contributed by atoms with van der Waals surface area (Å²) in [5.41, 5.74) is 0.159. The van der Waals surface area contributed by atoms with E-state index in [1.807, 2.05) is 18.6 Å². The molecule has 5 aromatic rings. The number of halogens is 2. The SMILES string of the molecule is Cc1c(-c2ccc(C[C@H](NC(=O)c3cc(F)c(NS(=O)(=O)c4ccc(-c5cnc(COC(C)C)nc5)cc4)cc3F)C(=O)O)cc2)c(=O)n(C)c(=O)n1C. The van der Waals surface area contributed by atoms with Gasteiger partial charge >= 0.3 is 11.7 Å². The number of hydrogen-bond donors (Lipinski definition) is 3. The maximum absolute atomic E-state index is 15.2. The largest absolute Gasteiger partial charge is 0.480 e. The fourth-order valence-electron chi connectivity index (χ4n) is 5.41. The van der Waals surface area contributed by atoms with Crippen LogP contribution in [0.5, 0.6) is 0 Å². The highest BCUT2D eigenvalue weighted by atomic mass is 32.2. The molecular weight excluding hydrogens is 727 g/mol. The number of benzene rings is 3. The molecule has 0 saturated heterocycles. The third kappa shape index (κ3) is 8.58.